The number of hydrogen-bond donors (Lipinski definition) is 2. The molecule has 2 aromatic carbocycles. The second kappa shape index (κ2) is 6.29. The van der Waals surface area contributed by atoms with E-state index >= 15 is 0 Å². The lowest BCUT2D eigenvalue weighted by molar-refractivity contribution is -0.116. The van der Waals surface area contributed by atoms with Crippen LogP contribution in [0.2, 0.25) is 0 Å². The van der Waals surface area contributed by atoms with Crippen LogP contribution in [0, 0.1) is 0 Å². The summed E-state index contributed by atoms with van der Waals surface area (Å²) in [4.78, 5) is 16.6. The lowest BCUT2D eigenvalue weighted by Gasteiger charge is -2.09. The Hall–Kier alpha value is -2.18. The lowest BCUT2D eigenvalue weighted by atomic mass is 10.3. The van der Waals surface area contributed by atoms with Gasteiger partial charge in [-0.1, -0.05) is 34.1 Å². The van der Waals surface area contributed by atoms with Gasteiger partial charge in [-0.15, -0.1) is 0 Å². The number of rotatable bonds is 4. The second-order valence-electron chi connectivity index (χ2n) is 4.82. The Balaban J connectivity index is 1.85. The summed E-state index contributed by atoms with van der Waals surface area (Å²) in [5, 5.41) is 12.3. The molecule has 5 nitrogen and oxygen atoms in total. The molecule has 0 aliphatic heterocycles. The van der Waals surface area contributed by atoms with Crippen LogP contribution in [-0.2, 0) is 17.9 Å². The number of nitrogens with one attached hydrogen (secondary N) is 1. The van der Waals surface area contributed by atoms with Gasteiger partial charge in [0.25, 0.3) is 0 Å². The summed E-state index contributed by atoms with van der Waals surface area (Å²) in [6.45, 7) is -0.109. The zero-order valence-corrected chi connectivity index (χ0v) is 13.2. The number of benzene rings is 2. The lowest BCUT2D eigenvalue weighted by Crippen LogP contribution is -2.20. The molecule has 0 spiro atoms. The number of amides is 1. The number of aromatic nitrogens is 2. The van der Waals surface area contributed by atoms with Crippen molar-refractivity contribution in [2.24, 2.45) is 0 Å². The maximum absolute atomic E-state index is 12.2. The highest BCUT2D eigenvalue weighted by molar-refractivity contribution is 9.10. The molecule has 0 bridgehead atoms. The van der Waals surface area contributed by atoms with Crippen LogP contribution in [0.15, 0.2) is 53.0 Å². The van der Waals surface area contributed by atoms with Crippen LogP contribution in [0.1, 0.15) is 5.82 Å². The molecule has 3 rings (SSSR count). The Morgan fingerprint density at radius 3 is 2.82 bits per heavy atom. The molecule has 22 heavy (non-hydrogen) atoms. The van der Waals surface area contributed by atoms with E-state index in [1.54, 1.807) is 4.57 Å². The summed E-state index contributed by atoms with van der Waals surface area (Å²) < 4.78 is 2.62. The molecule has 0 saturated heterocycles. The van der Waals surface area contributed by atoms with Gasteiger partial charge in [-0.2, -0.15) is 0 Å². The van der Waals surface area contributed by atoms with Gasteiger partial charge < -0.3 is 15.0 Å². The maximum atomic E-state index is 12.2. The van der Waals surface area contributed by atoms with Crippen molar-refractivity contribution in [2.45, 2.75) is 13.2 Å². The Bertz CT molecular complexity index is 829. The molecule has 0 unspecified atom stereocenters. The van der Waals surface area contributed by atoms with E-state index in [0.29, 0.717) is 11.5 Å². The first-order chi connectivity index (χ1) is 10.7. The minimum absolute atomic E-state index is 0.100. The van der Waals surface area contributed by atoms with E-state index in [9.17, 15) is 9.90 Å². The second-order valence-corrected chi connectivity index (χ2v) is 5.74. The number of aliphatic hydroxyl groups excluding tert-OH is 1. The maximum Gasteiger partial charge on any atom is 0.244 e. The van der Waals surface area contributed by atoms with Crippen molar-refractivity contribution in [1.82, 2.24) is 9.55 Å². The van der Waals surface area contributed by atoms with Crippen LogP contribution in [0.25, 0.3) is 11.0 Å². The molecule has 0 saturated carbocycles. The quantitative estimate of drug-likeness (QED) is 0.752. The van der Waals surface area contributed by atoms with Crippen LogP contribution < -0.4 is 5.32 Å². The molecular weight excluding hydrogens is 346 g/mol. The van der Waals surface area contributed by atoms with Gasteiger partial charge in [0.2, 0.25) is 5.91 Å². The third-order valence-corrected chi connectivity index (χ3v) is 3.78. The zero-order chi connectivity index (χ0) is 15.5. The van der Waals surface area contributed by atoms with E-state index in [4.69, 9.17) is 0 Å². The zero-order valence-electron chi connectivity index (χ0n) is 11.7. The molecule has 1 heterocycles. The van der Waals surface area contributed by atoms with Gasteiger partial charge in [0, 0.05) is 10.2 Å². The molecule has 0 aliphatic carbocycles. The van der Waals surface area contributed by atoms with E-state index in [1.807, 2.05) is 48.5 Å². The number of nitrogens with zero attached hydrogens (tertiary/aromatic N) is 2. The number of fused-ring (bicyclic) bond motifs is 1. The van der Waals surface area contributed by atoms with Crippen molar-refractivity contribution in [1.29, 1.82) is 0 Å². The summed E-state index contributed by atoms with van der Waals surface area (Å²) in [7, 11) is 0. The van der Waals surface area contributed by atoms with E-state index in [-0.39, 0.29) is 19.1 Å². The number of hydrogen-bond acceptors (Lipinski definition) is 3. The Kier molecular flexibility index (Phi) is 4.22. The molecule has 1 aromatic heterocycles. The largest absolute Gasteiger partial charge is 0.388 e. The molecule has 112 valence electrons. The van der Waals surface area contributed by atoms with Crippen molar-refractivity contribution < 1.29 is 9.90 Å². The number of carbonyl (C=O) groups excluding carboxylic acids is 1. The molecule has 0 atom stereocenters. The van der Waals surface area contributed by atoms with E-state index in [0.717, 1.165) is 15.5 Å². The monoisotopic (exact) mass is 359 g/mol. The fourth-order valence-electron chi connectivity index (χ4n) is 2.33. The van der Waals surface area contributed by atoms with Crippen LogP contribution in [0.4, 0.5) is 5.69 Å². The van der Waals surface area contributed by atoms with Gasteiger partial charge in [-0.05, 0) is 30.3 Å². The number of para-hydroxylation sites is 2. The van der Waals surface area contributed by atoms with Crippen molar-refractivity contribution in [3.63, 3.8) is 0 Å². The Morgan fingerprint density at radius 2 is 2.05 bits per heavy atom. The minimum Gasteiger partial charge on any atom is -0.388 e. The number of aliphatic hydroxyl groups is 1. The van der Waals surface area contributed by atoms with Gasteiger partial charge in [-0.3, -0.25) is 4.79 Å². The smallest absolute Gasteiger partial charge is 0.244 e. The third kappa shape index (κ3) is 3.03. The van der Waals surface area contributed by atoms with E-state index in [2.05, 4.69) is 26.2 Å². The number of anilines is 1. The summed E-state index contributed by atoms with van der Waals surface area (Å²) in [6.07, 6.45) is 0. The van der Waals surface area contributed by atoms with Crippen LogP contribution in [0.3, 0.4) is 0 Å². The highest BCUT2D eigenvalue weighted by Gasteiger charge is 2.13. The first-order valence-electron chi connectivity index (χ1n) is 6.78. The summed E-state index contributed by atoms with van der Waals surface area (Å²) in [5.41, 5.74) is 2.31. The van der Waals surface area contributed by atoms with Gasteiger partial charge in [-0.25, -0.2) is 4.98 Å². The minimum atomic E-state index is -0.209. The van der Waals surface area contributed by atoms with Gasteiger partial charge in [0.15, 0.2) is 0 Å². The SMILES string of the molecule is O=C(Cn1c(CO)nc2ccccc21)Nc1cccc(Br)c1. The highest BCUT2D eigenvalue weighted by Crippen LogP contribution is 2.18. The van der Waals surface area contributed by atoms with Crippen LogP contribution >= 0.6 is 15.9 Å². The van der Waals surface area contributed by atoms with E-state index < -0.39 is 0 Å². The predicted octanol–water partition coefficient (Wildman–Crippen LogP) is 2.93. The van der Waals surface area contributed by atoms with Gasteiger partial charge in [0.1, 0.15) is 19.0 Å². The molecule has 6 heteroatoms. The number of halogens is 1. The average Bonchev–Trinajstić information content (AvgIpc) is 2.85. The van der Waals surface area contributed by atoms with E-state index in [1.165, 1.54) is 0 Å². The standard InChI is InChI=1S/C16H14BrN3O2/c17-11-4-3-5-12(8-11)18-16(22)9-20-14-7-2-1-6-13(14)19-15(20)10-21/h1-8,21H,9-10H2,(H,18,22). The third-order valence-electron chi connectivity index (χ3n) is 3.29. The molecule has 3 aromatic rings. The average molecular weight is 360 g/mol. The first kappa shape index (κ1) is 14.7. The molecule has 1 amide bonds. The fourth-order valence-corrected chi connectivity index (χ4v) is 2.73. The topological polar surface area (TPSA) is 67.2 Å². The molecule has 0 radical (unpaired) electrons. The summed E-state index contributed by atoms with van der Waals surface area (Å²) >= 11 is 3.37. The summed E-state index contributed by atoms with van der Waals surface area (Å²) in [6, 6.07) is 14.9. The van der Waals surface area contributed by atoms with Crippen molar-refractivity contribution in [3.05, 3.63) is 58.8 Å². The van der Waals surface area contributed by atoms with Crippen molar-refractivity contribution >= 4 is 38.6 Å². The van der Waals surface area contributed by atoms with Gasteiger partial charge >= 0.3 is 0 Å². The van der Waals surface area contributed by atoms with Crippen LogP contribution in [0.5, 0.6) is 0 Å². The molecule has 0 aliphatic rings. The Labute approximate surface area is 135 Å². The molecule has 2 N–H and O–H groups in total. The van der Waals surface area contributed by atoms with Crippen molar-refractivity contribution in [2.75, 3.05) is 5.32 Å². The number of imidazole rings is 1. The summed E-state index contributed by atoms with van der Waals surface area (Å²) in [5.74, 6) is 0.307. The first-order valence-corrected chi connectivity index (χ1v) is 7.57. The van der Waals surface area contributed by atoms with Gasteiger partial charge in [0.05, 0.1) is 11.0 Å². The molecule has 0 fully saturated rings. The predicted molar refractivity (Wildman–Crippen MR) is 88.4 cm³/mol. The highest BCUT2D eigenvalue weighted by atomic mass is 79.9. The Morgan fingerprint density at radius 1 is 1.23 bits per heavy atom. The van der Waals surface area contributed by atoms with Crippen LogP contribution in [-0.4, -0.2) is 20.6 Å². The fraction of sp³-hybridized carbons (Fsp3) is 0.125. The molecular formula is C16H14BrN3O2. The van der Waals surface area contributed by atoms with Crippen molar-refractivity contribution in [3.8, 4) is 0 Å². The normalized spacial score (nSPS) is 10.8. The number of carbonyl (C=O) groups is 1.